The van der Waals surface area contributed by atoms with E-state index < -0.39 is 0 Å². The zero-order valence-corrected chi connectivity index (χ0v) is 12.6. The normalized spacial score (nSPS) is 11.5. The number of nitrogens with zero attached hydrogens (tertiary/aromatic N) is 5. The monoisotopic (exact) mass is 323 g/mol. The third kappa shape index (κ3) is 2.74. The minimum absolute atomic E-state index is 0.314. The van der Waals surface area contributed by atoms with Crippen LogP contribution in [-0.2, 0) is 0 Å². The second-order valence-corrected chi connectivity index (χ2v) is 5.78. The van der Waals surface area contributed by atoms with Crippen LogP contribution in [0.5, 0.6) is 0 Å². The van der Waals surface area contributed by atoms with Crippen LogP contribution in [-0.4, -0.2) is 24.8 Å². The van der Waals surface area contributed by atoms with E-state index in [1.807, 2.05) is 24.3 Å². The first-order valence-corrected chi connectivity index (χ1v) is 7.67. The third-order valence-electron chi connectivity index (χ3n) is 3.19. The second kappa shape index (κ2) is 5.69. The van der Waals surface area contributed by atoms with Gasteiger partial charge in [-0.05, 0) is 29.8 Å². The Hall–Kier alpha value is -2.93. The van der Waals surface area contributed by atoms with Gasteiger partial charge in [0.15, 0.2) is 5.82 Å². The quantitative estimate of drug-likeness (QED) is 0.578. The number of pyridine rings is 1. The molecule has 5 nitrogen and oxygen atoms in total. The molecule has 4 rings (SSSR count). The Morgan fingerprint density at radius 2 is 2.04 bits per heavy atom. The van der Waals surface area contributed by atoms with Gasteiger partial charge in [0.1, 0.15) is 10.8 Å². The lowest BCUT2D eigenvalue weighted by atomic mass is 10.2. The lowest BCUT2D eigenvalue weighted by Crippen LogP contribution is -1.91. The average Bonchev–Trinajstić information content (AvgIpc) is 3.14. The highest BCUT2D eigenvalue weighted by atomic mass is 32.1. The highest BCUT2D eigenvalue weighted by Crippen LogP contribution is 2.23. The SMILES string of the molecule is Fc1cccc(-c2nnc3sc(/C=C/c4cccnc4)nn23)c1. The average molecular weight is 323 g/mol. The summed E-state index contributed by atoms with van der Waals surface area (Å²) in [5.41, 5.74) is 1.63. The predicted molar refractivity (Wildman–Crippen MR) is 87.2 cm³/mol. The van der Waals surface area contributed by atoms with Gasteiger partial charge in [-0.25, -0.2) is 4.39 Å². The Morgan fingerprint density at radius 3 is 2.87 bits per heavy atom. The molecule has 23 heavy (non-hydrogen) atoms. The van der Waals surface area contributed by atoms with Crippen LogP contribution < -0.4 is 0 Å². The van der Waals surface area contributed by atoms with Crippen molar-refractivity contribution >= 4 is 28.4 Å². The van der Waals surface area contributed by atoms with E-state index in [1.165, 1.54) is 23.5 Å². The molecule has 4 aromatic rings. The summed E-state index contributed by atoms with van der Waals surface area (Å²) in [5, 5.41) is 13.4. The van der Waals surface area contributed by atoms with Gasteiger partial charge in [0.25, 0.3) is 0 Å². The molecule has 0 atom stereocenters. The number of hydrogen-bond acceptors (Lipinski definition) is 5. The molecule has 0 fully saturated rings. The van der Waals surface area contributed by atoms with E-state index >= 15 is 0 Å². The van der Waals surface area contributed by atoms with Crippen molar-refractivity contribution in [3.05, 3.63) is 65.2 Å². The molecule has 0 aliphatic rings. The molecule has 7 heteroatoms. The maximum Gasteiger partial charge on any atom is 0.235 e. The summed E-state index contributed by atoms with van der Waals surface area (Å²) in [5.74, 6) is 0.211. The fourth-order valence-corrected chi connectivity index (χ4v) is 2.89. The molecule has 0 radical (unpaired) electrons. The van der Waals surface area contributed by atoms with Gasteiger partial charge in [-0.2, -0.15) is 9.61 Å². The maximum atomic E-state index is 13.4. The molecule has 0 spiro atoms. The number of aromatic nitrogens is 5. The number of benzene rings is 1. The summed E-state index contributed by atoms with van der Waals surface area (Å²) in [6.45, 7) is 0. The van der Waals surface area contributed by atoms with Crippen molar-refractivity contribution in [3.8, 4) is 11.4 Å². The minimum atomic E-state index is -0.314. The number of hydrogen-bond donors (Lipinski definition) is 0. The van der Waals surface area contributed by atoms with E-state index in [9.17, 15) is 4.39 Å². The molecule has 0 amide bonds. The van der Waals surface area contributed by atoms with E-state index in [4.69, 9.17) is 0 Å². The molecular weight excluding hydrogens is 313 g/mol. The van der Waals surface area contributed by atoms with Crippen molar-refractivity contribution in [2.24, 2.45) is 0 Å². The molecule has 0 saturated carbocycles. The molecule has 3 aromatic heterocycles. The van der Waals surface area contributed by atoms with Gasteiger partial charge in [-0.15, -0.1) is 10.2 Å². The van der Waals surface area contributed by atoms with E-state index in [0.29, 0.717) is 16.3 Å². The van der Waals surface area contributed by atoms with Crippen molar-refractivity contribution in [3.63, 3.8) is 0 Å². The summed E-state index contributed by atoms with van der Waals surface area (Å²) in [6, 6.07) is 10.1. The fraction of sp³-hybridized carbons (Fsp3) is 0. The van der Waals surface area contributed by atoms with Crippen LogP contribution in [0.3, 0.4) is 0 Å². The van der Waals surface area contributed by atoms with Crippen molar-refractivity contribution in [2.75, 3.05) is 0 Å². The summed E-state index contributed by atoms with van der Waals surface area (Å²) >= 11 is 1.41. The van der Waals surface area contributed by atoms with E-state index in [1.54, 1.807) is 29.0 Å². The molecule has 112 valence electrons. The van der Waals surface area contributed by atoms with Crippen molar-refractivity contribution in [2.45, 2.75) is 0 Å². The van der Waals surface area contributed by atoms with Crippen LogP contribution in [0.4, 0.5) is 4.39 Å². The first kappa shape index (κ1) is 13.7. The smallest absolute Gasteiger partial charge is 0.235 e. The van der Waals surface area contributed by atoms with Crippen molar-refractivity contribution in [1.82, 2.24) is 24.8 Å². The lowest BCUT2D eigenvalue weighted by molar-refractivity contribution is 0.628. The lowest BCUT2D eigenvalue weighted by Gasteiger charge is -1.96. The molecule has 0 unspecified atom stereocenters. The maximum absolute atomic E-state index is 13.4. The summed E-state index contributed by atoms with van der Waals surface area (Å²) in [7, 11) is 0. The predicted octanol–water partition coefficient (Wildman–Crippen LogP) is 3.56. The Labute approximate surface area is 134 Å². The molecule has 0 N–H and O–H groups in total. The van der Waals surface area contributed by atoms with Crippen LogP contribution in [0.25, 0.3) is 28.5 Å². The van der Waals surface area contributed by atoms with Crippen LogP contribution in [0, 0.1) is 5.82 Å². The highest BCUT2D eigenvalue weighted by Gasteiger charge is 2.12. The number of rotatable bonds is 3. The van der Waals surface area contributed by atoms with Gasteiger partial charge in [-0.1, -0.05) is 35.6 Å². The van der Waals surface area contributed by atoms with Crippen molar-refractivity contribution < 1.29 is 4.39 Å². The molecule has 0 bridgehead atoms. The number of fused-ring (bicyclic) bond motifs is 1. The Kier molecular flexibility index (Phi) is 3.39. The van der Waals surface area contributed by atoms with Crippen LogP contribution in [0.1, 0.15) is 10.6 Å². The van der Waals surface area contributed by atoms with Crippen LogP contribution >= 0.6 is 11.3 Å². The summed E-state index contributed by atoms with van der Waals surface area (Å²) < 4.78 is 15.0. The van der Waals surface area contributed by atoms with E-state index in [0.717, 1.165) is 10.6 Å². The van der Waals surface area contributed by atoms with E-state index in [-0.39, 0.29) is 5.82 Å². The minimum Gasteiger partial charge on any atom is -0.264 e. The number of halogens is 1. The second-order valence-electron chi connectivity index (χ2n) is 4.79. The van der Waals surface area contributed by atoms with Gasteiger partial charge in [0.2, 0.25) is 4.96 Å². The van der Waals surface area contributed by atoms with E-state index in [2.05, 4.69) is 20.3 Å². The van der Waals surface area contributed by atoms with Gasteiger partial charge < -0.3 is 0 Å². The Bertz CT molecular complexity index is 990. The first-order valence-electron chi connectivity index (χ1n) is 6.86. The van der Waals surface area contributed by atoms with Crippen molar-refractivity contribution in [1.29, 1.82) is 0 Å². The molecular formula is C16H10FN5S. The fourth-order valence-electron chi connectivity index (χ4n) is 2.15. The van der Waals surface area contributed by atoms with Gasteiger partial charge in [0.05, 0.1) is 0 Å². The van der Waals surface area contributed by atoms with Gasteiger partial charge >= 0.3 is 0 Å². The first-order chi connectivity index (χ1) is 11.3. The summed E-state index contributed by atoms with van der Waals surface area (Å²) in [4.78, 5) is 4.72. The molecule has 3 heterocycles. The standard InChI is InChI=1S/C16H10FN5S/c17-13-5-1-4-12(9-13)15-19-20-16-22(15)21-14(23-16)7-6-11-3-2-8-18-10-11/h1-10H/b7-6+. The zero-order chi connectivity index (χ0) is 15.6. The highest BCUT2D eigenvalue weighted by molar-refractivity contribution is 7.17. The molecule has 0 aliphatic heterocycles. The summed E-state index contributed by atoms with van der Waals surface area (Å²) in [6.07, 6.45) is 7.33. The van der Waals surface area contributed by atoms with Gasteiger partial charge in [0, 0.05) is 18.0 Å². The Balaban J connectivity index is 1.71. The topological polar surface area (TPSA) is 56.0 Å². The Morgan fingerprint density at radius 1 is 1.09 bits per heavy atom. The van der Waals surface area contributed by atoms with Gasteiger partial charge in [-0.3, -0.25) is 4.98 Å². The van der Waals surface area contributed by atoms with Crippen LogP contribution in [0.15, 0.2) is 48.8 Å². The zero-order valence-electron chi connectivity index (χ0n) is 11.8. The largest absolute Gasteiger partial charge is 0.264 e. The third-order valence-corrected chi connectivity index (χ3v) is 4.06. The molecule has 0 saturated heterocycles. The molecule has 0 aliphatic carbocycles. The van der Waals surface area contributed by atoms with Crippen LogP contribution in [0.2, 0.25) is 0 Å². The molecule has 1 aromatic carbocycles.